The van der Waals surface area contributed by atoms with Crippen molar-refractivity contribution in [3.63, 3.8) is 0 Å². The summed E-state index contributed by atoms with van der Waals surface area (Å²) in [7, 11) is 1.66. The van der Waals surface area contributed by atoms with Gasteiger partial charge >= 0.3 is 6.03 Å². The lowest BCUT2D eigenvalue weighted by Crippen LogP contribution is -2.40. The molecule has 122 valence electrons. The van der Waals surface area contributed by atoms with Gasteiger partial charge in [-0.2, -0.15) is 0 Å². The van der Waals surface area contributed by atoms with Gasteiger partial charge in [-0.1, -0.05) is 12.1 Å². The molecule has 0 radical (unpaired) electrons. The van der Waals surface area contributed by atoms with E-state index in [1.165, 1.54) is 4.90 Å². The van der Waals surface area contributed by atoms with Crippen LogP contribution in [0.1, 0.15) is 19.2 Å². The standard InChI is InChI=1S/C16H21N5O2/c1-11(10-22)20(2)16(23)17-13-6-3-5-12(9-13)15-19-18-14-7-4-8-21(14)15/h3,5-6,9,11,22H,4,7-8,10H2,1-2H3,(H,17,23). The van der Waals surface area contributed by atoms with Gasteiger partial charge in [-0.05, 0) is 25.5 Å². The fourth-order valence-electron chi connectivity index (χ4n) is 2.63. The summed E-state index contributed by atoms with van der Waals surface area (Å²) in [5.41, 5.74) is 1.63. The number of hydrogen-bond acceptors (Lipinski definition) is 4. The van der Waals surface area contributed by atoms with Crippen molar-refractivity contribution in [2.24, 2.45) is 0 Å². The first kappa shape index (κ1) is 15.5. The highest BCUT2D eigenvalue weighted by Crippen LogP contribution is 2.25. The zero-order chi connectivity index (χ0) is 16.4. The molecule has 0 fully saturated rings. The van der Waals surface area contributed by atoms with Crippen LogP contribution in [0.5, 0.6) is 0 Å². The second-order valence-electron chi connectivity index (χ2n) is 5.85. The van der Waals surface area contributed by atoms with Crippen molar-refractivity contribution in [3.05, 3.63) is 30.1 Å². The van der Waals surface area contributed by atoms with Gasteiger partial charge in [0.05, 0.1) is 12.6 Å². The molecule has 7 nitrogen and oxygen atoms in total. The second-order valence-corrected chi connectivity index (χ2v) is 5.85. The maximum atomic E-state index is 12.2. The molecular formula is C16H21N5O2. The van der Waals surface area contributed by atoms with Crippen molar-refractivity contribution in [1.29, 1.82) is 0 Å². The van der Waals surface area contributed by atoms with Crippen molar-refractivity contribution in [2.45, 2.75) is 32.4 Å². The summed E-state index contributed by atoms with van der Waals surface area (Å²) >= 11 is 0. The van der Waals surface area contributed by atoms with Crippen molar-refractivity contribution in [1.82, 2.24) is 19.7 Å². The van der Waals surface area contributed by atoms with E-state index in [1.807, 2.05) is 24.3 Å². The molecule has 1 unspecified atom stereocenters. The Kier molecular flexibility index (Phi) is 4.29. The monoisotopic (exact) mass is 315 g/mol. The Morgan fingerprint density at radius 2 is 2.30 bits per heavy atom. The smallest absolute Gasteiger partial charge is 0.321 e. The van der Waals surface area contributed by atoms with Gasteiger partial charge in [0.15, 0.2) is 5.82 Å². The molecule has 0 bridgehead atoms. The molecule has 0 aliphatic carbocycles. The van der Waals surface area contributed by atoms with E-state index in [2.05, 4.69) is 20.1 Å². The van der Waals surface area contributed by atoms with Gasteiger partial charge < -0.3 is 19.9 Å². The summed E-state index contributed by atoms with van der Waals surface area (Å²) in [4.78, 5) is 13.6. The van der Waals surface area contributed by atoms with Crippen LogP contribution in [0.2, 0.25) is 0 Å². The number of aromatic nitrogens is 3. The van der Waals surface area contributed by atoms with Crippen LogP contribution in [0.4, 0.5) is 10.5 Å². The molecule has 1 aliphatic rings. The van der Waals surface area contributed by atoms with E-state index in [4.69, 9.17) is 5.11 Å². The zero-order valence-electron chi connectivity index (χ0n) is 13.4. The summed E-state index contributed by atoms with van der Waals surface area (Å²) in [5, 5.41) is 20.5. The fourth-order valence-corrected chi connectivity index (χ4v) is 2.63. The summed E-state index contributed by atoms with van der Waals surface area (Å²) in [6.07, 6.45) is 2.06. The number of benzene rings is 1. The molecule has 1 atom stereocenters. The predicted molar refractivity (Wildman–Crippen MR) is 87.1 cm³/mol. The first-order valence-electron chi connectivity index (χ1n) is 7.77. The van der Waals surface area contributed by atoms with Crippen LogP contribution in [-0.2, 0) is 13.0 Å². The molecule has 3 rings (SSSR count). The van der Waals surface area contributed by atoms with Crippen LogP contribution < -0.4 is 5.32 Å². The highest BCUT2D eigenvalue weighted by atomic mass is 16.3. The number of aliphatic hydroxyl groups is 1. The third-order valence-electron chi connectivity index (χ3n) is 4.23. The average molecular weight is 315 g/mol. The average Bonchev–Trinajstić information content (AvgIpc) is 3.16. The van der Waals surface area contributed by atoms with Gasteiger partial charge in [0.25, 0.3) is 0 Å². The SMILES string of the molecule is CC(CO)N(C)C(=O)Nc1cccc(-c2nnc3n2CCC3)c1. The Morgan fingerprint density at radius 1 is 1.48 bits per heavy atom. The Balaban J connectivity index is 1.79. The minimum atomic E-state index is -0.254. The van der Waals surface area contributed by atoms with Crippen LogP contribution in [-0.4, -0.2) is 50.5 Å². The number of carbonyl (C=O) groups excluding carboxylic acids is 1. The molecule has 0 saturated carbocycles. The third-order valence-corrected chi connectivity index (χ3v) is 4.23. The first-order chi connectivity index (χ1) is 11.1. The van der Waals surface area contributed by atoms with Gasteiger partial charge in [0.1, 0.15) is 5.82 Å². The molecule has 2 amide bonds. The van der Waals surface area contributed by atoms with E-state index in [1.54, 1.807) is 14.0 Å². The maximum Gasteiger partial charge on any atom is 0.321 e. The van der Waals surface area contributed by atoms with Crippen molar-refractivity contribution >= 4 is 11.7 Å². The summed E-state index contributed by atoms with van der Waals surface area (Å²) in [6.45, 7) is 2.65. The number of aliphatic hydroxyl groups excluding tert-OH is 1. The van der Waals surface area contributed by atoms with Crippen LogP contribution in [0, 0.1) is 0 Å². The maximum absolute atomic E-state index is 12.2. The number of anilines is 1. The molecule has 2 heterocycles. The van der Waals surface area contributed by atoms with Gasteiger partial charge in [-0.15, -0.1) is 10.2 Å². The Labute approximate surface area is 134 Å². The fraction of sp³-hybridized carbons (Fsp3) is 0.438. The Bertz CT molecular complexity index is 712. The van der Waals surface area contributed by atoms with Crippen LogP contribution in [0.3, 0.4) is 0 Å². The Hall–Kier alpha value is -2.41. The molecule has 7 heteroatoms. The summed E-state index contributed by atoms with van der Waals surface area (Å²) < 4.78 is 2.13. The van der Waals surface area contributed by atoms with Gasteiger partial charge in [-0.3, -0.25) is 0 Å². The summed E-state index contributed by atoms with van der Waals surface area (Å²) in [6, 6.07) is 7.08. The lowest BCUT2D eigenvalue weighted by atomic mass is 10.2. The quantitative estimate of drug-likeness (QED) is 0.900. The predicted octanol–water partition coefficient (Wildman–Crippen LogP) is 1.74. The van der Waals surface area contributed by atoms with E-state index < -0.39 is 0 Å². The zero-order valence-corrected chi connectivity index (χ0v) is 13.4. The molecule has 23 heavy (non-hydrogen) atoms. The van der Waals surface area contributed by atoms with Crippen molar-refractivity contribution in [3.8, 4) is 11.4 Å². The molecule has 2 aromatic rings. The van der Waals surface area contributed by atoms with Crippen LogP contribution in [0.15, 0.2) is 24.3 Å². The highest BCUT2D eigenvalue weighted by molar-refractivity contribution is 5.90. The minimum absolute atomic E-state index is 0.0736. The number of likely N-dealkylation sites (N-methyl/N-ethyl adjacent to an activating group) is 1. The molecule has 0 spiro atoms. The molecule has 1 aliphatic heterocycles. The minimum Gasteiger partial charge on any atom is -0.394 e. The third kappa shape index (κ3) is 3.05. The van der Waals surface area contributed by atoms with E-state index >= 15 is 0 Å². The number of aryl methyl sites for hydroxylation is 1. The number of rotatable bonds is 4. The lowest BCUT2D eigenvalue weighted by Gasteiger charge is -2.23. The number of nitrogens with zero attached hydrogens (tertiary/aromatic N) is 4. The number of fused-ring (bicyclic) bond motifs is 1. The van der Waals surface area contributed by atoms with Crippen molar-refractivity contribution in [2.75, 3.05) is 19.0 Å². The van der Waals surface area contributed by atoms with Crippen LogP contribution in [0.25, 0.3) is 11.4 Å². The van der Waals surface area contributed by atoms with Gasteiger partial charge in [0, 0.05) is 31.3 Å². The molecule has 2 N–H and O–H groups in total. The van der Waals surface area contributed by atoms with E-state index in [0.29, 0.717) is 5.69 Å². The van der Waals surface area contributed by atoms with E-state index in [9.17, 15) is 4.79 Å². The number of nitrogens with one attached hydrogen (secondary N) is 1. The lowest BCUT2D eigenvalue weighted by molar-refractivity contribution is 0.166. The number of amides is 2. The van der Waals surface area contributed by atoms with E-state index in [-0.39, 0.29) is 18.7 Å². The Morgan fingerprint density at radius 3 is 3.09 bits per heavy atom. The number of carbonyl (C=O) groups is 1. The van der Waals surface area contributed by atoms with E-state index in [0.717, 1.165) is 36.6 Å². The molecule has 1 aromatic carbocycles. The second kappa shape index (κ2) is 6.37. The highest BCUT2D eigenvalue weighted by Gasteiger charge is 2.19. The molecule has 1 aromatic heterocycles. The number of hydrogen-bond donors (Lipinski definition) is 2. The normalized spacial score (nSPS) is 14.4. The topological polar surface area (TPSA) is 83.3 Å². The van der Waals surface area contributed by atoms with Gasteiger partial charge in [0.2, 0.25) is 0 Å². The van der Waals surface area contributed by atoms with Crippen molar-refractivity contribution < 1.29 is 9.90 Å². The molecular weight excluding hydrogens is 294 g/mol. The largest absolute Gasteiger partial charge is 0.394 e. The first-order valence-corrected chi connectivity index (χ1v) is 7.77. The van der Waals surface area contributed by atoms with Gasteiger partial charge in [-0.25, -0.2) is 4.79 Å². The summed E-state index contributed by atoms with van der Waals surface area (Å²) in [5.74, 6) is 1.86. The number of urea groups is 1. The van der Waals surface area contributed by atoms with Crippen LogP contribution >= 0.6 is 0 Å². The molecule has 0 saturated heterocycles.